The third-order valence-corrected chi connectivity index (χ3v) is 7.01. The lowest BCUT2D eigenvalue weighted by molar-refractivity contribution is -0.133. The van der Waals surface area contributed by atoms with Gasteiger partial charge in [0.05, 0.1) is 17.2 Å². The first-order chi connectivity index (χ1) is 16.7. The average molecular weight is 491 g/mol. The van der Waals surface area contributed by atoms with E-state index >= 15 is 0 Å². The predicted molar refractivity (Wildman–Crippen MR) is 134 cm³/mol. The van der Waals surface area contributed by atoms with Gasteiger partial charge in [-0.2, -0.15) is 5.10 Å². The second kappa shape index (κ2) is 10.2. The maximum Gasteiger partial charge on any atom is 0.255 e. The number of nitrogens with one attached hydrogen (secondary N) is 1. The molecule has 3 aromatic rings. The number of amides is 2. The van der Waals surface area contributed by atoms with Gasteiger partial charge in [0.25, 0.3) is 5.91 Å². The normalized spacial score (nSPS) is 16.1. The number of benzene rings is 2. The molecule has 2 amide bonds. The fourth-order valence-electron chi connectivity index (χ4n) is 3.88. The van der Waals surface area contributed by atoms with E-state index in [2.05, 4.69) is 15.4 Å². The monoisotopic (exact) mass is 490 g/mol. The largest absolute Gasteiger partial charge is 0.322 e. The molecule has 0 saturated heterocycles. The highest BCUT2D eigenvalue weighted by atomic mass is 32.2. The SMILES string of the molecule is CCC1CC(=O)N(Cc2ccc(NC(=O)c3ccncc3)cc2)N=C1c1ccc(S(C)(=O)=O)cc1. The van der Waals surface area contributed by atoms with Crippen LogP contribution in [0.3, 0.4) is 0 Å². The first-order valence-corrected chi connectivity index (χ1v) is 13.1. The summed E-state index contributed by atoms with van der Waals surface area (Å²) in [5, 5.41) is 8.95. The van der Waals surface area contributed by atoms with Crippen molar-refractivity contribution in [1.82, 2.24) is 9.99 Å². The van der Waals surface area contributed by atoms with E-state index in [0.717, 1.165) is 23.3 Å². The standard InChI is InChI=1S/C26H26N4O4S/c1-3-19-16-24(31)30(29-25(19)20-6-10-23(11-7-20)35(2,33)34)17-18-4-8-22(9-5-18)28-26(32)21-12-14-27-15-13-21/h4-15,19H,3,16-17H2,1-2H3,(H,28,32). The molecule has 0 radical (unpaired) electrons. The van der Waals surface area contributed by atoms with Crippen LogP contribution in [0.4, 0.5) is 5.69 Å². The second-order valence-corrected chi connectivity index (χ2v) is 10.4. The Morgan fingerprint density at radius 1 is 1.03 bits per heavy atom. The van der Waals surface area contributed by atoms with E-state index in [1.54, 1.807) is 60.9 Å². The van der Waals surface area contributed by atoms with Crippen LogP contribution in [0, 0.1) is 5.92 Å². The molecule has 1 N–H and O–H groups in total. The van der Waals surface area contributed by atoms with Gasteiger partial charge in [0.2, 0.25) is 5.91 Å². The lowest BCUT2D eigenvalue weighted by atomic mass is 9.90. The lowest BCUT2D eigenvalue weighted by Gasteiger charge is -2.29. The minimum absolute atomic E-state index is 0.0337. The third-order valence-electron chi connectivity index (χ3n) is 5.88. The maximum atomic E-state index is 12.8. The van der Waals surface area contributed by atoms with Gasteiger partial charge in [-0.15, -0.1) is 0 Å². The quantitative estimate of drug-likeness (QED) is 0.540. The van der Waals surface area contributed by atoms with Crippen molar-refractivity contribution in [2.75, 3.05) is 11.6 Å². The van der Waals surface area contributed by atoms with Gasteiger partial charge in [0, 0.05) is 42.2 Å². The van der Waals surface area contributed by atoms with Crippen LogP contribution in [0.25, 0.3) is 0 Å². The van der Waals surface area contributed by atoms with Crippen LogP contribution in [-0.4, -0.2) is 42.2 Å². The molecule has 0 aliphatic carbocycles. The van der Waals surface area contributed by atoms with Crippen molar-refractivity contribution < 1.29 is 18.0 Å². The molecule has 1 aliphatic rings. The Bertz CT molecular complexity index is 1350. The summed E-state index contributed by atoms with van der Waals surface area (Å²) in [5.74, 6) is -0.329. The van der Waals surface area contributed by atoms with Gasteiger partial charge < -0.3 is 5.32 Å². The number of hydrazone groups is 1. The van der Waals surface area contributed by atoms with E-state index in [9.17, 15) is 18.0 Å². The molecule has 180 valence electrons. The first-order valence-electron chi connectivity index (χ1n) is 11.2. The molecule has 8 nitrogen and oxygen atoms in total. The highest BCUT2D eigenvalue weighted by molar-refractivity contribution is 7.90. The summed E-state index contributed by atoms with van der Waals surface area (Å²) in [6.45, 7) is 2.30. The fourth-order valence-corrected chi connectivity index (χ4v) is 4.51. The zero-order chi connectivity index (χ0) is 25.0. The number of anilines is 1. The molecule has 0 saturated carbocycles. The van der Waals surface area contributed by atoms with E-state index in [4.69, 9.17) is 0 Å². The number of hydrogen-bond acceptors (Lipinski definition) is 6. The van der Waals surface area contributed by atoms with Gasteiger partial charge in [-0.1, -0.05) is 31.2 Å². The van der Waals surface area contributed by atoms with Crippen molar-refractivity contribution in [3.05, 3.63) is 89.7 Å². The van der Waals surface area contributed by atoms with Gasteiger partial charge >= 0.3 is 0 Å². The highest BCUT2D eigenvalue weighted by Crippen LogP contribution is 2.26. The van der Waals surface area contributed by atoms with Crippen LogP contribution < -0.4 is 5.32 Å². The third kappa shape index (κ3) is 5.81. The molecule has 0 bridgehead atoms. The van der Waals surface area contributed by atoms with Gasteiger partial charge in [-0.05, 0) is 53.9 Å². The summed E-state index contributed by atoms with van der Waals surface area (Å²) in [5.41, 5.74) is 3.59. The summed E-state index contributed by atoms with van der Waals surface area (Å²) in [6, 6.07) is 17.2. The summed E-state index contributed by atoms with van der Waals surface area (Å²) >= 11 is 0. The molecule has 9 heteroatoms. The Hall–Kier alpha value is -3.85. The number of hydrogen-bond donors (Lipinski definition) is 1. The number of sulfone groups is 1. The smallest absolute Gasteiger partial charge is 0.255 e. The first kappa shape index (κ1) is 24.3. The van der Waals surface area contributed by atoms with Crippen LogP contribution in [-0.2, 0) is 21.2 Å². The molecule has 0 spiro atoms. The van der Waals surface area contributed by atoms with E-state index in [0.29, 0.717) is 24.2 Å². The molecule has 1 aliphatic heterocycles. The highest BCUT2D eigenvalue weighted by Gasteiger charge is 2.29. The molecule has 35 heavy (non-hydrogen) atoms. The molecule has 1 aromatic heterocycles. The summed E-state index contributed by atoms with van der Waals surface area (Å²) in [4.78, 5) is 29.3. The fraction of sp³-hybridized carbons (Fsp3) is 0.231. The minimum Gasteiger partial charge on any atom is -0.322 e. The molecule has 2 aromatic carbocycles. The summed E-state index contributed by atoms with van der Waals surface area (Å²) < 4.78 is 23.6. The predicted octanol–water partition coefficient (Wildman–Crippen LogP) is 3.90. The van der Waals surface area contributed by atoms with Gasteiger partial charge in [0.1, 0.15) is 0 Å². The van der Waals surface area contributed by atoms with Gasteiger partial charge in [0.15, 0.2) is 9.84 Å². The van der Waals surface area contributed by atoms with Crippen molar-refractivity contribution in [3.63, 3.8) is 0 Å². The number of carbonyl (C=O) groups excluding carboxylic acids is 2. The molecule has 1 atom stereocenters. The zero-order valence-electron chi connectivity index (χ0n) is 19.5. The Labute approximate surface area is 204 Å². The van der Waals surface area contributed by atoms with E-state index in [-0.39, 0.29) is 22.6 Å². The number of nitrogens with zero attached hydrogens (tertiary/aromatic N) is 3. The van der Waals surface area contributed by atoms with Crippen LogP contribution >= 0.6 is 0 Å². The molecule has 1 unspecified atom stereocenters. The number of rotatable bonds is 7. The number of carbonyl (C=O) groups is 2. The Morgan fingerprint density at radius 3 is 2.29 bits per heavy atom. The van der Waals surface area contributed by atoms with Crippen LogP contribution in [0.2, 0.25) is 0 Å². The van der Waals surface area contributed by atoms with Crippen molar-refractivity contribution in [2.45, 2.75) is 31.2 Å². The van der Waals surface area contributed by atoms with E-state index < -0.39 is 9.84 Å². The number of pyridine rings is 1. The second-order valence-electron chi connectivity index (χ2n) is 8.43. The van der Waals surface area contributed by atoms with Gasteiger partial charge in [-0.25, -0.2) is 13.4 Å². The Kier molecular flexibility index (Phi) is 7.07. The van der Waals surface area contributed by atoms with Crippen molar-refractivity contribution in [3.8, 4) is 0 Å². The lowest BCUT2D eigenvalue weighted by Crippen LogP contribution is -2.36. The van der Waals surface area contributed by atoms with Crippen molar-refractivity contribution in [1.29, 1.82) is 0 Å². The van der Waals surface area contributed by atoms with Crippen molar-refractivity contribution >= 4 is 33.1 Å². The van der Waals surface area contributed by atoms with Gasteiger partial charge in [-0.3, -0.25) is 14.6 Å². The minimum atomic E-state index is -3.29. The van der Waals surface area contributed by atoms with Crippen LogP contribution in [0.15, 0.2) is 83.1 Å². The average Bonchev–Trinajstić information content (AvgIpc) is 2.86. The molecule has 4 rings (SSSR count). The van der Waals surface area contributed by atoms with E-state index in [1.165, 1.54) is 11.3 Å². The zero-order valence-corrected chi connectivity index (χ0v) is 20.3. The maximum absolute atomic E-state index is 12.8. The molecular formula is C26H26N4O4S. The summed E-state index contributed by atoms with van der Waals surface area (Å²) in [7, 11) is -3.29. The molecule has 2 heterocycles. The Morgan fingerprint density at radius 2 is 1.69 bits per heavy atom. The number of aromatic nitrogens is 1. The topological polar surface area (TPSA) is 109 Å². The van der Waals surface area contributed by atoms with Crippen LogP contribution in [0.1, 0.15) is 41.3 Å². The molecular weight excluding hydrogens is 464 g/mol. The van der Waals surface area contributed by atoms with E-state index in [1.807, 2.05) is 19.1 Å². The molecule has 0 fully saturated rings. The van der Waals surface area contributed by atoms with Crippen molar-refractivity contribution in [2.24, 2.45) is 11.0 Å². The summed E-state index contributed by atoms with van der Waals surface area (Å²) in [6.07, 6.45) is 5.38. The van der Waals surface area contributed by atoms with Crippen LogP contribution in [0.5, 0.6) is 0 Å². The Balaban J connectivity index is 1.50.